The lowest BCUT2D eigenvalue weighted by atomic mass is 10.1. The molecule has 1 N–H and O–H groups in total. The number of esters is 1. The van der Waals surface area contributed by atoms with Gasteiger partial charge in [0.05, 0.1) is 18.7 Å². The molecule has 0 aliphatic rings. The van der Waals surface area contributed by atoms with Gasteiger partial charge in [0, 0.05) is 32.0 Å². The van der Waals surface area contributed by atoms with Crippen LogP contribution >= 0.6 is 0 Å². The van der Waals surface area contributed by atoms with Crippen molar-refractivity contribution in [2.75, 3.05) is 13.7 Å². The smallest absolute Gasteiger partial charge is 0.408 e. The van der Waals surface area contributed by atoms with Gasteiger partial charge in [-0.3, -0.25) is 9.88 Å². The number of hydrogen-bond donors (Lipinski definition) is 1. The summed E-state index contributed by atoms with van der Waals surface area (Å²) in [6.45, 7) is 7.31. The Morgan fingerprint density at radius 1 is 0.943 bits per heavy atom. The third-order valence-electron chi connectivity index (χ3n) is 5.24. The number of benzene rings is 2. The van der Waals surface area contributed by atoms with Crippen LogP contribution in [0.5, 0.6) is 0 Å². The molecule has 1 aromatic heterocycles. The molecular formula is C28H33N3O4. The summed E-state index contributed by atoms with van der Waals surface area (Å²) in [5.41, 5.74) is 2.98. The van der Waals surface area contributed by atoms with E-state index in [0.717, 1.165) is 16.7 Å². The van der Waals surface area contributed by atoms with Crippen LogP contribution < -0.4 is 5.32 Å². The summed E-state index contributed by atoms with van der Waals surface area (Å²) in [5, 5.41) is 3.04. The number of rotatable bonds is 9. The van der Waals surface area contributed by atoms with Crippen molar-refractivity contribution in [3.8, 4) is 0 Å². The van der Waals surface area contributed by atoms with E-state index in [4.69, 9.17) is 9.47 Å². The number of aromatic nitrogens is 1. The normalized spacial score (nSPS) is 12.1. The number of alkyl carbamates (subject to hydrolysis) is 1. The van der Waals surface area contributed by atoms with Gasteiger partial charge in [-0.15, -0.1) is 0 Å². The molecule has 7 nitrogen and oxygen atoms in total. The van der Waals surface area contributed by atoms with Crippen molar-refractivity contribution < 1.29 is 19.1 Å². The van der Waals surface area contributed by atoms with Gasteiger partial charge in [0.1, 0.15) is 5.60 Å². The number of hydrogen-bond acceptors (Lipinski definition) is 6. The van der Waals surface area contributed by atoms with Gasteiger partial charge >= 0.3 is 12.1 Å². The topological polar surface area (TPSA) is 80.8 Å². The zero-order valence-electron chi connectivity index (χ0n) is 20.7. The molecule has 35 heavy (non-hydrogen) atoms. The summed E-state index contributed by atoms with van der Waals surface area (Å²) in [6, 6.07) is 20.8. The van der Waals surface area contributed by atoms with Crippen molar-refractivity contribution in [2.24, 2.45) is 0 Å². The molecule has 0 aliphatic carbocycles. The minimum atomic E-state index is -0.595. The Morgan fingerprint density at radius 3 is 2.23 bits per heavy atom. The molecule has 1 atom stereocenters. The van der Waals surface area contributed by atoms with Crippen LogP contribution in [-0.4, -0.2) is 41.2 Å². The first-order valence-corrected chi connectivity index (χ1v) is 11.6. The Balaban J connectivity index is 1.84. The lowest BCUT2D eigenvalue weighted by Crippen LogP contribution is -2.40. The number of nitrogens with one attached hydrogen (secondary N) is 1. The highest BCUT2D eigenvalue weighted by atomic mass is 16.6. The van der Waals surface area contributed by atoms with Crippen molar-refractivity contribution in [1.29, 1.82) is 0 Å². The van der Waals surface area contributed by atoms with Crippen LogP contribution in [0.15, 0.2) is 79.1 Å². The van der Waals surface area contributed by atoms with Crippen molar-refractivity contribution in [2.45, 2.75) is 45.5 Å². The molecule has 1 amide bonds. The van der Waals surface area contributed by atoms with Crippen LogP contribution in [-0.2, 0) is 22.6 Å². The number of carbonyl (C=O) groups is 2. The van der Waals surface area contributed by atoms with Gasteiger partial charge < -0.3 is 14.8 Å². The Hall–Kier alpha value is -3.71. The van der Waals surface area contributed by atoms with E-state index in [2.05, 4.69) is 15.2 Å². The van der Waals surface area contributed by atoms with E-state index >= 15 is 0 Å². The van der Waals surface area contributed by atoms with E-state index in [9.17, 15) is 9.59 Å². The molecule has 0 bridgehead atoms. The Bertz CT molecular complexity index is 1080. The second kappa shape index (κ2) is 12.1. The third kappa shape index (κ3) is 8.54. The van der Waals surface area contributed by atoms with Gasteiger partial charge in [0.2, 0.25) is 0 Å². The Labute approximate surface area is 207 Å². The standard InChI is InChI=1S/C28H33N3O4/c1-28(2,3)35-27(33)30-25(23-10-6-5-7-11-23)20-31(19-22-9-8-16-29-17-22)18-21-12-14-24(15-13-21)26(32)34-4/h5-17,25H,18-20H2,1-4H3,(H,30,33)/t25-/m1/s1. The summed E-state index contributed by atoms with van der Waals surface area (Å²) in [6.07, 6.45) is 3.12. The molecule has 0 fully saturated rings. The third-order valence-corrected chi connectivity index (χ3v) is 5.24. The highest BCUT2D eigenvalue weighted by molar-refractivity contribution is 5.89. The molecule has 0 saturated heterocycles. The van der Waals surface area contributed by atoms with E-state index in [1.807, 2.05) is 81.6 Å². The molecule has 0 unspecified atom stereocenters. The Morgan fingerprint density at radius 2 is 1.63 bits per heavy atom. The van der Waals surface area contributed by atoms with Crippen LogP contribution in [0, 0.1) is 0 Å². The van der Waals surface area contributed by atoms with Crippen molar-refractivity contribution in [1.82, 2.24) is 15.2 Å². The van der Waals surface area contributed by atoms with Crippen molar-refractivity contribution in [3.05, 3.63) is 101 Å². The first-order chi connectivity index (χ1) is 16.7. The van der Waals surface area contributed by atoms with Crippen LogP contribution in [0.25, 0.3) is 0 Å². The molecule has 1 heterocycles. The molecular weight excluding hydrogens is 442 g/mol. The van der Waals surface area contributed by atoms with Crippen molar-refractivity contribution >= 4 is 12.1 Å². The molecule has 2 aromatic carbocycles. The van der Waals surface area contributed by atoms with E-state index in [1.54, 1.807) is 18.3 Å². The maximum atomic E-state index is 12.7. The maximum Gasteiger partial charge on any atom is 0.408 e. The van der Waals surface area contributed by atoms with Crippen LogP contribution in [0.2, 0.25) is 0 Å². The SMILES string of the molecule is COC(=O)c1ccc(CN(Cc2cccnc2)C[C@@H](NC(=O)OC(C)(C)C)c2ccccc2)cc1. The summed E-state index contributed by atoms with van der Waals surface area (Å²) >= 11 is 0. The largest absolute Gasteiger partial charge is 0.465 e. The molecule has 7 heteroatoms. The summed E-state index contributed by atoms with van der Waals surface area (Å²) in [7, 11) is 1.37. The van der Waals surface area contributed by atoms with E-state index < -0.39 is 11.7 Å². The molecule has 0 aliphatic heterocycles. The lowest BCUT2D eigenvalue weighted by Gasteiger charge is -2.29. The second-order valence-electron chi connectivity index (χ2n) is 9.33. The predicted octanol–water partition coefficient (Wildman–Crippen LogP) is 5.14. The highest BCUT2D eigenvalue weighted by Crippen LogP contribution is 2.20. The van der Waals surface area contributed by atoms with E-state index in [1.165, 1.54) is 7.11 Å². The summed E-state index contributed by atoms with van der Waals surface area (Å²) < 4.78 is 10.3. The van der Waals surface area contributed by atoms with Crippen molar-refractivity contribution in [3.63, 3.8) is 0 Å². The number of methoxy groups -OCH3 is 1. The van der Waals surface area contributed by atoms with Crippen LogP contribution in [0.3, 0.4) is 0 Å². The zero-order chi connectivity index (χ0) is 25.3. The quantitative estimate of drug-likeness (QED) is 0.432. The Kier molecular flexibility index (Phi) is 8.98. The van der Waals surface area contributed by atoms with Gasteiger partial charge in [-0.05, 0) is 55.7 Å². The zero-order valence-corrected chi connectivity index (χ0v) is 20.7. The van der Waals surface area contributed by atoms with Crippen LogP contribution in [0.1, 0.15) is 53.9 Å². The minimum Gasteiger partial charge on any atom is -0.465 e. The molecule has 184 valence electrons. The number of ether oxygens (including phenoxy) is 2. The van der Waals surface area contributed by atoms with E-state index in [-0.39, 0.29) is 12.0 Å². The summed E-state index contributed by atoms with van der Waals surface area (Å²) in [5.74, 6) is -0.366. The number of amides is 1. The monoisotopic (exact) mass is 475 g/mol. The molecule has 0 spiro atoms. The summed E-state index contributed by atoms with van der Waals surface area (Å²) in [4.78, 5) is 30.9. The number of nitrogens with zero attached hydrogens (tertiary/aromatic N) is 2. The fourth-order valence-electron chi connectivity index (χ4n) is 3.68. The molecule has 3 rings (SSSR count). The highest BCUT2D eigenvalue weighted by Gasteiger charge is 2.23. The van der Waals surface area contributed by atoms with E-state index in [0.29, 0.717) is 25.2 Å². The first-order valence-electron chi connectivity index (χ1n) is 11.6. The number of carbonyl (C=O) groups excluding carboxylic acids is 2. The molecule has 0 saturated carbocycles. The van der Waals surface area contributed by atoms with Gasteiger partial charge in [-0.2, -0.15) is 0 Å². The van der Waals surface area contributed by atoms with Gasteiger partial charge in [0.15, 0.2) is 0 Å². The second-order valence-corrected chi connectivity index (χ2v) is 9.33. The van der Waals surface area contributed by atoms with Gasteiger partial charge in [-0.25, -0.2) is 9.59 Å². The average molecular weight is 476 g/mol. The predicted molar refractivity (Wildman–Crippen MR) is 135 cm³/mol. The molecule has 0 radical (unpaired) electrons. The van der Waals surface area contributed by atoms with Crippen LogP contribution in [0.4, 0.5) is 4.79 Å². The fraction of sp³-hybridized carbons (Fsp3) is 0.321. The maximum absolute atomic E-state index is 12.7. The van der Waals surface area contributed by atoms with Gasteiger partial charge in [0.25, 0.3) is 0 Å². The lowest BCUT2D eigenvalue weighted by molar-refractivity contribution is 0.0487. The average Bonchev–Trinajstić information content (AvgIpc) is 2.83. The first kappa shape index (κ1) is 25.9. The van der Waals surface area contributed by atoms with Gasteiger partial charge in [-0.1, -0.05) is 48.5 Å². The molecule has 3 aromatic rings. The number of pyridine rings is 1. The fourth-order valence-corrected chi connectivity index (χ4v) is 3.68. The minimum absolute atomic E-state index is 0.294.